The maximum atomic E-state index is 11.4. The van der Waals surface area contributed by atoms with E-state index in [-0.39, 0.29) is 24.4 Å². The summed E-state index contributed by atoms with van der Waals surface area (Å²) in [5, 5.41) is 22.3. The highest BCUT2D eigenvalue weighted by molar-refractivity contribution is 5.85. The molecule has 0 unspecified atom stereocenters. The van der Waals surface area contributed by atoms with Gasteiger partial charge in [0.15, 0.2) is 0 Å². The van der Waals surface area contributed by atoms with E-state index < -0.39 is 10.8 Å². The number of nitrogens with zero attached hydrogens (tertiary/aromatic N) is 3. The van der Waals surface area contributed by atoms with Crippen molar-refractivity contribution in [2.24, 2.45) is 10.8 Å². The van der Waals surface area contributed by atoms with Crippen molar-refractivity contribution in [1.82, 2.24) is 5.43 Å². The minimum atomic E-state index is -0.517. The highest BCUT2D eigenvalue weighted by atomic mass is 16.6. The Hall–Kier alpha value is -2.95. The Morgan fingerprint density at radius 1 is 1.47 bits per heavy atom. The topological polar surface area (TPSA) is 134 Å². The first-order chi connectivity index (χ1) is 9.02. The van der Waals surface area contributed by atoms with E-state index >= 15 is 0 Å². The number of hydrogen-bond acceptors (Lipinski definition) is 5. The predicted octanol–water partition coefficient (Wildman–Crippen LogP) is 0.439. The maximum absolute atomic E-state index is 11.4. The molecule has 0 saturated heterocycles. The number of rotatable bonds is 5. The molecule has 0 saturated carbocycles. The molecule has 0 aliphatic rings. The Morgan fingerprint density at radius 3 is 2.63 bits per heavy atom. The van der Waals surface area contributed by atoms with Gasteiger partial charge in [-0.1, -0.05) is 12.1 Å². The summed E-state index contributed by atoms with van der Waals surface area (Å²) in [5.41, 5.74) is 8.08. The molecule has 0 aliphatic carbocycles. The SMILES string of the molecule is N#CC/C(N)=N\NC(=O)Cc1ccc([N+](=O)[O-])cc1. The van der Waals surface area contributed by atoms with Crippen LogP contribution in [-0.2, 0) is 11.2 Å². The lowest BCUT2D eigenvalue weighted by Crippen LogP contribution is -2.24. The third-order valence-electron chi connectivity index (χ3n) is 2.10. The Morgan fingerprint density at radius 2 is 2.11 bits per heavy atom. The Balaban J connectivity index is 2.56. The van der Waals surface area contributed by atoms with Gasteiger partial charge >= 0.3 is 0 Å². The number of nitrogens with two attached hydrogens (primary N) is 1. The lowest BCUT2D eigenvalue weighted by Gasteiger charge is -2.01. The molecule has 0 aliphatic heterocycles. The molecule has 0 atom stereocenters. The van der Waals surface area contributed by atoms with Crippen LogP contribution in [0.25, 0.3) is 0 Å². The Labute approximate surface area is 108 Å². The average Bonchev–Trinajstić information content (AvgIpc) is 2.37. The number of nitrogens with one attached hydrogen (secondary N) is 1. The fourth-order valence-corrected chi connectivity index (χ4v) is 1.22. The summed E-state index contributed by atoms with van der Waals surface area (Å²) in [6.45, 7) is 0. The molecule has 0 spiro atoms. The van der Waals surface area contributed by atoms with Crippen LogP contribution in [0.15, 0.2) is 29.4 Å². The van der Waals surface area contributed by atoms with Gasteiger partial charge in [0.2, 0.25) is 5.91 Å². The van der Waals surface area contributed by atoms with Crippen molar-refractivity contribution >= 4 is 17.4 Å². The normalized spacial score (nSPS) is 10.6. The van der Waals surface area contributed by atoms with Gasteiger partial charge in [0, 0.05) is 12.1 Å². The van der Waals surface area contributed by atoms with Gasteiger partial charge in [-0.05, 0) is 5.56 Å². The van der Waals surface area contributed by atoms with Crippen molar-refractivity contribution in [2.45, 2.75) is 12.8 Å². The first kappa shape index (κ1) is 14.1. The molecule has 1 rings (SSSR count). The van der Waals surface area contributed by atoms with Crippen LogP contribution in [0.2, 0.25) is 0 Å². The monoisotopic (exact) mass is 261 g/mol. The van der Waals surface area contributed by atoms with E-state index in [0.717, 1.165) is 0 Å². The van der Waals surface area contributed by atoms with Gasteiger partial charge < -0.3 is 5.73 Å². The third kappa shape index (κ3) is 4.82. The zero-order valence-corrected chi connectivity index (χ0v) is 9.87. The van der Waals surface area contributed by atoms with Crippen LogP contribution in [0.3, 0.4) is 0 Å². The molecule has 8 nitrogen and oxygen atoms in total. The van der Waals surface area contributed by atoms with Gasteiger partial charge in [-0.3, -0.25) is 14.9 Å². The molecule has 0 heterocycles. The molecule has 98 valence electrons. The Bertz CT molecular complexity index is 544. The molecule has 1 aromatic rings. The first-order valence-corrected chi connectivity index (χ1v) is 5.24. The van der Waals surface area contributed by atoms with E-state index in [4.69, 9.17) is 11.0 Å². The number of hydrazone groups is 1. The summed E-state index contributed by atoms with van der Waals surface area (Å²) in [7, 11) is 0. The second-order valence-electron chi connectivity index (χ2n) is 3.57. The van der Waals surface area contributed by atoms with Crippen molar-refractivity contribution in [3.8, 4) is 6.07 Å². The predicted molar refractivity (Wildman–Crippen MR) is 66.8 cm³/mol. The highest BCUT2D eigenvalue weighted by Crippen LogP contribution is 2.12. The molecule has 0 aromatic heterocycles. The number of hydrogen-bond donors (Lipinski definition) is 2. The van der Waals surface area contributed by atoms with Gasteiger partial charge in [0.1, 0.15) is 5.84 Å². The fraction of sp³-hybridized carbons (Fsp3) is 0.182. The molecule has 3 N–H and O–H groups in total. The molecule has 8 heteroatoms. The van der Waals surface area contributed by atoms with Crippen LogP contribution in [0.4, 0.5) is 5.69 Å². The molecule has 0 fully saturated rings. The molecule has 19 heavy (non-hydrogen) atoms. The van der Waals surface area contributed by atoms with Gasteiger partial charge in [-0.2, -0.15) is 10.4 Å². The zero-order chi connectivity index (χ0) is 14.3. The van der Waals surface area contributed by atoms with Gasteiger partial charge in [0.05, 0.1) is 23.8 Å². The van der Waals surface area contributed by atoms with E-state index in [0.29, 0.717) is 5.56 Å². The van der Waals surface area contributed by atoms with Crippen molar-refractivity contribution in [3.05, 3.63) is 39.9 Å². The lowest BCUT2D eigenvalue weighted by atomic mass is 10.1. The summed E-state index contributed by atoms with van der Waals surface area (Å²) < 4.78 is 0. The smallest absolute Gasteiger partial charge is 0.269 e. The molecule has 1 amide bonds. The maximum Gasteiger partial charge on any atom is 0.269 e. The van der Waals surface area contributed by atoms with Gasteiger partial charge in [-0.25, -0.2) is 5.43 Å². The number of carbonyl (C=O) groups excluding carboxylic acids is 1. The van der Waals surface area contributed by atoms with Crippen LogP contribution in [0.1, 0.15) is 12.0 Å². The van der Waals surface area contributed by atoms with Crippen molar-refractivity contribution in [1.29, 1.82) is 5.26 Å². The largest absolute Gasteiger partial charge is 0.385 e. The zero-order valence-electron chi connectivity index (χ0n) is 9.87. The van der Waals surface area contributed by atoms with Crippen molar-refractivity contribution in [3.63, 3.8) is 0 Å². The van der Waals surface area contributed by atoms with E-state index in [1.165, 1.54) is 24.3 Å². The van der Waals surface area contributed by atoms with Crippen LogP contribution in [0, 0.1) is 21.4 Å². The number of non-ortho nitro benzene ring substituents is 1. The second kappa shape index (κ2) is 6.70. The number of benzene rings is 1. The fourth-order valence-electron chi connectivity index (χ4n) is 1.22. The Kier molecular flexibility index (Phi) is 4.98. The lowest BCUT2D eigenvalue weighted by molar-refractivity contribution is -0.384. The summed E-state index contributed by atoms with van der Waals surface area (Å²) in [5.74, 6) is -0.408. The number of nitro groups is 1. The van der Waals surface area contributed by atoms with Crippen LogP contribution >= 0.6 is 0 Å². The van der Waals surface area contributed by atoms with Crippen molar-refractivity contribution in [2.75, 3.05) is 0 Å². The van der Waals surface area contributed by atoms with Gasteiger partial charge in [-0.15, -0.1) is 0 Å². The summed E-state index contributed by atoms with van der Waals surface area (Å²) in [6.07, 6.45) is -0.0564. The van der Waals surface area contributed by atoms with E-state index in [9.17, 15) is 14.9 Å². The molecule has 0 bridgehead atoms. The minimum Gasteiger partial charge on any atom is -0.385 e. The summed E-state index contributed by atoms with van der Waals surface area (Å²) in [6, 6.07) is 7.39. The van der Waals surface area contributed by atoms with Crippen molar-refractivity contribution < 1.29 is 9.72 Å². The molecular formula is C11H11N5O3. The quantitative estimate of drug-likeness (QED) is 0.343. The number of carbonyl (C=O) groups is 1. The molecule has 1 aromatic carbocycles. The number of amides is 1. The van der Waals surface area contributed by atoms with Crippen LogP contribution < -0.4 is 11.2 Å². The van der Waals surface area contributed by atoms with Crippen LogP contribution in [0.5, 0.6) is 0 Å². The van der Waals surface area contributed by atoms with E-state index in [1.54, 1.807) is 6.07 Å². The third-order valence-corrected chi connectivity index (χ3v) is 2.10. The summed E-state index contributed by atoms with van der Waals surface area (Å²) in [4.78, 5) is 21.4. The number of amidine groups is 1. The number of nitriles is 1. The molecule has 0 radical (unpaired) electrons. The average molecular weight is 261 g/mol. The van der Waals surface area contributed by atoms with Crippen LogP contribution in [-0.4, -0.2) is 16.7 Å². The van der Waals surface area contributed by atoms with E-state index in [2.05, 4.69) is 10.5 Å². The summed E-state index contributed by atoms with van der Waals surface area (Å²) >= 11 is 0. The minimum absolute atomic E-state index is 0.0135. The number of nitro benzene ring substituents is 1. The van der Waals surface area contributed by atoms with E-state index in [1.807, 2.05) is 0 Å². The first-order valence-electron chi connectivity index (χ1n) is 5.24. The highest BCUT2D eigenvalue weighted by Gasteiger charge is 2.06. The second-order valence-corrected chi connectivity index (χ2v) is 3.57. The molecular weight excluding hydrogens is 250 g/mol. The standard InChI is InChI=1S/C11H11N5O3/c12-6-5-10(13)14-15-11(17)7-8-1-3-9(4-2-8)16(18)19/h1-4H,5,7H2,(H2,13,14)(H,15,17). The van der Waals surface area contributed by atoms with Gasteiger partial charge in [0.25, 0.3) is 5.69 Å².